The summed E-state index contributed by atoms with van der Waals surface area (Å²) in [4.78, 5) is 0. The summed E-state index contributed by atoms with van der Waals surface area (Å²) in [5.74, 6) is 4.00. The Morgan fingerprint density at radius 1 is 1.06 bits per heavy atom. The van der Waals surface area contributed by atoms with Gasteiger partial charge >= 0.3 is 0 Å². The number of nitrogens with one attached hydrogen (secondary N) is 1. The lowest BCUT2D eigenvalue weighted by atomic mass is 9.79. The Balaban J connectivity index is 1.45. The second kappa shape index (κ2) is 3.83. The highest BCUT2D eigenvalue weighted by Crippen LogP contribution is 2.58. The van der Waals surface area contributed by atoms with Crippen molar-refractivity contribution in [1.82, 2.24) is 5.32 Å². The Kier molecular flexibility index (Phi) is 2.44. The van der Waals surface area contributed by atoms with Crippen molar-refractivity contribution in [3.8, 4) is 0 Å². The number of fused-ring (bicyclic) bond motifs is 5. The van der Waals surface area contributed by atoms with Gasteiger partial charge in [-0.15, -0.1) is 0 Å². The number of hydrogen-bond donors (Lipinski definition) is 1. The summed E-state index contributed by atoms with van der Waals surface area (Å²) in [6.45, 7) is 0. The van der Waals surface area contributed by atoms with Crippen LogP contribution in [0, 0.1) is 23.7 Å². The van der Waals surface area contributed by atoms with Gasteiger partial charge in [0.1, 0.15) is 0 Å². The first-order valence-corrected chi connectivity index (χ1v) is 9.01. The lowest BCUT2D eigenvalue weighted by molar-refractivity contribution is 0.205. The molecule has 4 heteroatoms. The molecule has 4 aliphatic rings. The summed E-state index contributed by atoms with van der Waals surface area (Å²) in [7, 11) is -2.91. The molecule has 1 N–H and O–H groups in total. The maximum absolute atomic E-state index is 11.4. The SMILES string of the molecule is O=S1(=O)C=CC(NC2CC3CC2C2CCCC32)C1. The van der Waals surface area contributed by atoms with Crippen molar-refractivity contribution in [1.29, 1.82) is 0 Å². The van der Waals surface area contributed by atoms with E-state index < -0.39 is 9.84 Å². The Labute approximate surface area is 109 Å². The zero-order valence-electron chi connectivity index (χ0n) is 10.6. The van der Waals surface area contributed by atoms with Gasteiger partial charge in [-0.05, 0) is 49.4 Å². The lowest BCUT2D eigenvalue weighted by Crippen LogP contribution is -2.45. The molecule has 0 amide bonds. The summed E-state index contributed by atoms with van der Waals surface area (Å²) in [5.41, 5.74) is 0. The molecule has 0 aromatic rings. The van der Waals surface area contributed by atoms with Crippen molar-refractivity contribution in [2.45, 2.75) is 44.2 Å². The van der Waals surface area contributed by atoms with E-state index in [1.54, 1.807) is 0 Å². The Hall–Kier alpha value is -0.350. The zero-order chi connectivity index (χ0) is 12.3. The molecule has 3 fully saturated rings. The number of hydrogen-bond acceptors (Lipinski definition) is 3. The Morgan fingerprint density at radius 2 is 1.89 bits per heavy atom. The van der Waals surface area contributed by atoms with Crippen LogP contribution in [0.2, 0.25) is 0 Å². The maximum atomic E-state index is 11.4. The van der Waals surface area contributed by atoms with Gasteiger partial charge in [-0.25, -0.2) is 8.42 Å². The molecule has 0 aromatic heterocycles. The van der Waals surface area contributed by atoms with Crippen LogP contribution >= 0.6 is 0 Å². The van der Waals surface area contributed by atoms with Crippen LogP contribution in [0.5, 0.6) is 0 Å². The topological polar surface area (TPSA) is 46.2 Å². The van der Waals surface area contributed by atoms with Crippen LogP contribution in [0.25, 0.3) is 0 Å². The van der Waals surface area contributed by atoms with Crippen LogP contribution in [-0.2, 0) is 9.84 Å². The fourth-order valence-corrected chi connectivity index (χ4v) is 6.46. The summed E-state index contributed by atoms with van der Waals surface area (Å²) in [6.07, 6.45) is 8.83. The maximum Gasteiger partial charge on any atom is 0.173 e. The molecule has 0 aromatic carbocycles. The second-order valence-corrected chi connectivity index (χ2v) is 8.62. The molecule has 6 unspecified atom stereocenters. The molecular formula is C14H21NO2S. The average molecular weight is 267 g/mol. The molecule has 0 spiro atoms. The van der Waals surface area contributed by atoms with Crippen molar-refractivity contribution in [3.63, 3.8) is 0 Å². The van der Waals surface area contributed by atoms with Crippen LogP contribution in [0.15, 0.2) is 11.5 Å². The zero-order valence-corrected chi connectivity index (χ0v) is 11.4. The molecule has 1 heterocycles. The van der Waals surface area contributed by atoms with Gasteiger partial charge in [-0.3, -0.25) is 0 Å². The minimum absolute atomic E-state index is 0.0687. The van der Waals surface area contributed by atoms with E-state index in [2.05, 4.69) is 5.32 Å². The van der Waals surface area contributed by atoms with Crippen molar-refractivity contribution in [3.05, 3.63) is 11.5 Å². The van der Waals surface area contributed by atoms with E-state index in [1.165, 1.54) is 37.5 Å². The summed E-state index contributed by atoms with van der Waals surface area (Å²) in [6, 6.07) is 0.650. The van der Waals surface area contributed by atoms with E-state index in [1.807, 2.05) is 6.08 Å². The molecule has 100 valence electrons. The first-order chi connectivity index (χ1) is 8.62. The molecule has 4 rings (SSSR count). The van der Waals surface area contributed by atoms with E-state index >= 15 is 0 Å². The Morgan fingerprint density at radius 3 is 2.67 bits per heavy atom. The van der Waals surface area contributed by atoms with Gasteiger partial charge in [-0.2, -0.15) is 0 Å². The smallest absolute Gasteiger partial charge is 0.173 e. The largest absolute Gasteiger partial charge is 0.306 e. The quantitative estimate of drug-likeness (QED) is 0.828. The molecule has 3 nitrogen and oxygen atoms in total. The summed E-state index contributed by atoms with van der Waals surface area (Å²) in [5, 5.41) is 5.00. The average Bonchev–Trinajstić information content (AvgIpc) is 2.99. The number of rotatable bonds is 2. The molecular weight excluding hydrogens is 246 g/mol. The molecule has 3 saturated carbocycles. The minimum Gasteiger partial charge on any atom is -0.306 e. The highest BCUT2D eigenvalue weighted by Gasteiger charge is 2.53. The van der Waals surface area contributed by atoms with Crippen molar-refractivity contribution in [2.75, 3.05) is 5.75 Å². The van der Waals surface area contributed by atoms with Crippen LogP contribution < -0.4 is 5.32 Å². The monoisotopic (exact) mass is 267 g/mol. The first-order valence-electron chi connectivity index (χ1n) is 7.29. The molecule has 3 aliphatic carbocycles. The van der Waals surface area contributed by atoms with Crippen LogP contribution in [-0.4, -0.2) is 26.3 Å². The third kappa shape index (κ3) is 1.68. The van der Waals surface area contributed by atoms with Gasteiger partial charge in [0.05, 0.1) is 5.75 Å². The fraction of sp³-hybridized carbons (Fsp3) is 0.857. The standard InChI is InChI=1S/C14H21NO2S/c16-18(17)5-4-10(8-18)15-14-7-9-6-13(14)12-3-1-2-11(9)12/h4-5,9-15H,1-3,6-8H2. The molecule has 0 radical (unpaired) electrons. The van der Waals surface area contributed by atoms with E-state index in [4.69, 9.17) is 0 Å². The molecule has 1 aliphatic heterocycles. The molecule has 2 bridgehead atoms. The van der Waals surface area contributed by atoms with Crippen molar-refractivity contribution in [2.24, 2.45) is 23.7 Å². The fourth-order valence-electron chi connectivity index (χ4n) is 5.21. The molecule has 6 atom stereocenters. The van der Waals surface area contributed by atoms with Gasteiger partial charge in [0.2, 0.25) is 0 Å². The molecule has 18 heavy (non-hydrogen) atoms. The normalized spacial score (nSPS) is 52.0. The van der Waals surface area contributed by atoms with Gasteiger partial charge in [0.15, 0.2) is 9.84 Å². The van der Waals surface area contributed by atoms with Crippen molar-refractivity contribution >= 4 is 9.84 Å². The second-order valence-electron chi connectivity index (χ2n) is 6.69. The number of sulfone groups is 1. The van der Waals surface area contributed by atoms with Gasteiger partial charge in [-0.1, -0.05) is 12.5 Å². The third-order valence-corrected chi connectivity index (χ3v) is 7.18. The van der Waals surface area contributed by atoms with Crippen LogP contribution in [0.1, 0.15) is 32.1 Å². The van der Waals surface area contributed by atoms with Gasteiger partial charge < -0.3 is 5.32 Å². The highest BCUT2D eigenvalue weighted by molar-refractivity contribution is 7.94. The predicted octanol–water partition coefficient (Wildman–Crippen LogP) is 1.71. The Bertz CT molecular complexity index is 484. The van der Waals surface area contributed by atoms with Gasteiger partial charge in [0.25, 0.3) is 0 Å². The van der Waals surface area contributed by atoms with Gasteiger partial charge in [0, 0.05) is 17.5 Å². The summed E-state index contributed by atoms with van der Waals surface area (Å²) < 4.78 is 22.9. The molecule has 0 saturated heterocycles. The summed E-state index contributed by atoms with van der Waals surface area (Å²) >= 11 is 0. The minimum atomic E-state index is -2.91. The first kappa shape index (κ1) is 11.5. The van der Waals surface area contributed by atoms with E-state index in [9.17, 15) is 8.42 Å². The third-order valence-electron chi connectivity index (χ3n) is 5.79. The lowest BCUT2D eigenvalue weighted by Gasteiger charge is -2.33. The van der Waals surface area contributed by atoms with E-state index in [0.29, 0.717) is 6.04 Å². The van der Waals surface area contributed by atoms with Crippen LogP contribution in [0.3, 0.4) is 0 Å². The highest BCUT2D eigenvalue weighted by atomic mass is 32.2. The van der Waals surface area contributed by atoms with E-state index in [-0.39, 0.29) is 11.8 Å². The van der Waals surface area contributed by atoms with Crippen molar-refractivity contribution < 1.29 is 8.42 Å². The van der Waals surface area contributed by atoms with E-state index in [0.717, 1.165) is 23.7 Å². The van der Waals surface area contributed by atoms with Crippen LogP contribution in [0.4, 0.5) is 0 Å². The predicted molar refractivity (Wildman–Crippen MR) is 70.7 cm³/mol.